The first-order valence-corrected chi connectivity index (χ1v) is 5.51. The van der Waals surface area contributed by atoms with Crippen molar-refractivity contribution in [1.82, 2.24) is 9.97 Å². The van der Waals surface area contributed by atoms with Gasteiger partial charge < -0.3 is 14.8 Å². The van der Waals surface area contributed by atoms with Crippen LogP contribution in [0, 0.1) is 6.92 Å². The standard InChI is InChI=1S/C11H16N2O3/c1-7-9(6-10(14)15)13-11(12-7)8-2-4-16-5-3-8/h8H,2-6H2,1H3,(H,12,13)(H,14,15). The number of rotatable bonds is 3. The molecule has 1 fully saturated rings. The summed E-state index contributed by atoms with van der Waals surface area (Å²) in [6.45, 7) is 3.39. The Morgan fingerprint density at radius 1 is 1.56 bits per heavy atom. The second-order valence-corrected chi connectivity index (χ2v) is 4.15. The molecule has 5 heteroatoms. The van der Waals surface area contributed by atoms with Gasteiger partial charge in [0.1, 0.15) is 5.82 Å². The fourth-order valence-electron chi connectivity index (χ4n) is 2.00. The summed E-state index contributed by atoms with van der Waals surface area (Å²) in [5.41, 5.74) is 1.51. The number of hydrogen-bond donors (Lipinski definition) is 2. The van der Waals surface area contributed by atoms with Gasteiger partial charge in [-0.25, -0.2) is 4.98 Å². The Balaban J connectivity index is 2.12. The maximum absolute atomic E-state index is 10.6. The number of H-pyrrole nitrogens is 1. The molecule has 0 aromatic carbocycles. The van der Waals surface area contributed by atoms with E-state index in [4.69, 9.17) is 9.84 Å². The van der Waals surface area contributed by atoms with Gasteiger partial charge in [-0.05, 0) is 19.8 Å². The van der Waals surface area contributed by atoms with E-state index in [2.05, 4.69) is 9.97 Å². The number of aliphatic carboxylic acids is 1. The van der Waals surface area contributed by atoms with E-state index < -0.39 is 5.97 Å². The van der Waals surface area contributed by atoms with Crippen LogP contribution in [-0.4, -0.2) is 34.3 Å². The Kier molecular flexibility index (Phi) is 3.24. The largest absolute Gasteiger partial charge is 0.481 e. The highest BCUT2D eigenvalue weighted by Crippen LogP contribution is 2.25. The van der Waals surface area contributed by atoms with Crippen molar-refractivity contribution in [3.8, 4) is 0 Å². The van der Waals surface area contributed by atoms with Crippen LogP contribution in [0.15, 0.2) is 0 Å². The molecule has 1 aromatic rings. The summed E-state index contributed by atoms with van der Waals surface area (Å²) in [5.74, 6) is 0.458. The summed E-state index contributed by atoms with van der Waals surface area (Å²) in [7, 11) is 0. The number of imidazole rings is 1. The number of nitrogens with zero attached hydrogens (tertiary/aromatic N) is 1. The van der Waals surface area contributed by atoms with Crippen LogP contribution in [0.1, 0.15) is 36.0 Å². The van der Waals surface area contributed by atoms with Gasteiger partial charge in [0.25, 0.3) is 0 Å². The van der Waals surface area contributed by atoms with Gasteiger partial charge in [-0.3, -0.25) is 4.79 Å². The number of hydrogen-bond acceptors (Lipinski definition) is 3. The molecular weight excluding hydrogens is 208 g/mol. The molecule has 88 valence electrons. The number of ether oxygens (including phenoxy) is 1. The van der Waals surface area contributed by atoms with Crippen LogP contribution in [-0.2, 0) is 16.0 Å². The molecule has 2 heterocycles. The molecule has 0 saturated carbocycles. The molecule has 1 aliphatic rings. The lowest BCUT2D eigenvalue weighted by molar-refractivity contribution is -0.136. The predicted molar refractivity (Wildman–Crippen MR) is 57.5 cm³/mol. The molecule has 0 radical (unpaired) electrons. The Morgan fingerprint density at radius 2 is 2.25 bits per heavy atom. The topological polar surface area (TPSA) is 75.2 Å². The number of aromatic amines is 1. The maximum Gasteiger partial charge on any atom is 0.309 e. The average molecular weight is 224 g/mol. The summed E-state index contributed by atoms with van der Waals surface area (Å²) in [6, 6.07) is 0. The van der Waals surface area contributed by atoms with E-state index in [1.807, 2.05) is 6.92 Å². The minimum atomic E-state index is -0.840. The lowest BCUT2D eigenvalue weighted by Crippen LogP contribution is -2.15. The lowest BCUT2D eigenvalue weighted by Gasteiger charge is -2.19. The van der Waals surface area contributed by atoms with E-state index in [-0.39, 0.29) is 6.42 Å². The monoisotopic (exact) mass is 224 g/mol. The maximum atomic E-state index is 10.6. The molecule has 2 rings (SSSR count). The van der Waals surface area contributed by atoms with Crippen molar-refractivity contribution in [2.45, 2.75) is 32.1 Å². The van der Waals surface area contributed by atoms with Crippen LogP contribution < -0.4 is 0 Å². The predicted octanol–water partition coefficient (Wildman–Crippen LogP) is 1.24. The Bertz CT molecular complexity index is 381. The van der Waals surface area contributed by atoms with Crippen LogP contribution in [0.5, 0.6) is 0 Å². The molecule has 1 aromatic heterocycles. The van der Waals surface area contributed by atoms with Crippen molar-refractivity contribution in [3.05, 3.63) is 17.2 Å². The second kappa shape index (κ2) is 4.65. The first kappa shape index (κ1) is 11.1. The van der Waals surface area contributed by atoms with Gasteiger partial charge in [-0.2, -0.15) is 0 Å². The molecule has 0 amide bonds. The van der Waals surface area contributed by atoms with E-state index in [1.165, 1.54) is 0 Å². The Morgan fingerprint density at radius 3 is 2.88 bits per heavy atom. The lowest BCUT2D eigenvalue weighted by atomic mass is 10.00. The van der Waals surface area contributed by atoms with E-state index in [0.29, 0.717) is 11.6 Å². The third-order valence-electron chi connectivity index (χ3n) is 2.93. The summed E-state index contributed by atoms with van der Waals surface area (Å²) >= 11 is 0. The summed E-state index contributed by atoms with van der Waals surface area (Å²) in [6.07, 6.45) is 1.91. The van der Waals surface area contributed by atoms with Crippen molar-refractivity contribution in [1.29, 1.82) is 0 Å². The molecule has 2 N–H and O–H groups in total. The number of carboxylic acids is 1. The number of aromatic nitrogens is 2. The number of aryl methyl sites for hydroxylation is 1. The SMILES string of the molecule is Cc1[nH]c(C2CCOCC2)nc1CC(=O)O. The van der Waals surface area contributed by atoms with Crippen LogP contribution in [0.2, 0.25) is 0 Å². The van der Waals surface area contributed by atoms with Gasteiger partial charge in [0.15, 0.2) is 0 Å². The van der Waals surface area contributed by atoms with Crippen molar-refractivity contribution in [2.24, 2.45) is 0 Å². The number of nitrogens with one attached hydrogen (secondary N) is 1. The first-order chi connectivity index (χ1) is 7.66. The van der Waals surface area contributed by atoms with E-state index in [0.717, 1.165) is 37.6 Å². The number of carboxylic acid groups (broad SMARTS) is 1. The molecule has 0 aliphatic carbocycles. The minimum Gasteiger partial charge on any atom is -0.481 e. The molecule has 1 saturated heterocycles. The Hall–Kier alpha value is -1.36. The van der Waals surface area contributed by atoms with E-state index >= 15 is 0 Å². The van der Waals surface area contributed by atoms with E-state index in [1.54, 1.807) is 0 Å². The van der Waals surface area contributed by atoms with Gasteiger partial charge in [0, 0.05) is 24.8 Å². The highest BCUT2D eigenvalue weighted by molar-refractivity contribution is 5.69. The normalized spacial score (nSPS) is 17.6. The summed E-state index contributed by atoms with van der Waals surface area (Å²) in [4.78, 5) is 18.2. The molecule has 0 atom stereocenters. The minimum absolute atomic E-state index is 0.00838. The van der Waals surface area contributed by atoms with E-state index in [9.17, 15) is 4.79 Å². The molecule has 16 heavy (non-hydrogen) atoms. The quantitative estimate of drug-likeness (QED) is 0.810. The molecular formula is C11H16N2O3. The number of carbonyl (C=O) groups is 1. The van der Waals surface area contributed by atoms with Crippen LogP contribution in [0.4, 0.5) is 0 Å². The summed E-state index contributed by atoms with van der Waals surface area (Å²) < 4.78 is 5.29. The third kappa shape index (κ3) is 2.41. The molecule has 0 spiro atoms. The van der Waals surface area contributed by atoms with Crippen LogP contribution >= 0.6 is 0 Å². The van der Waals surface area contributed by atoms with Gasteiger partial charge in [-0.15, -0.1) is 0 Å². The van der Waals surface area contributed by atoms with Gasteiger partial charge in [0.2, 0.25) is 0 Å². The Labute approximate surface area is 93.8 Å². The molecule has 5 nitrogen and oxygen atoms in total. The highest BCUT2D eigenvalue weighted by Gasteiger charge is 2.20. The molecule has 0 bridgehead atoms. The average Bonchev–Trinajstić information content (AvgIpc) is 2.61. The molecule has 1 aliphatic heterocycles. The fourth-order valence-corrected chi connectivity index (χ4v) is 2.00. The highest BCUT2D eigenvalue weighted by atomic mass is 16.5. The van der Waals surface area contributed by atoms with Crippen molar-refractivity contribution in [2.75, 3.05) is 13.2 Å². The van der Waals surface area contributed by atoms with Crippen molar-refractivity contribution >= 4 is 5.97 Å². The zero-order chi connectivity index (χ0) is 11.5. The van der Waals surface area contributed by atoms with Crippen molar-refractivity contribution in [3.63, 3.8) is 0 Å². The van der Waals surface area contributed by atoms with Gasteiger partial charge >= 0.3 is 5.97 Å². The zero-order valence-corrected chi connectivity index (χ0v) is 9.32. The second-order valence-electron chi connectivity index (χ2n) is 4.15. The fraction of sp³-hybridized carbons (Fsp3) is 0.636. The zero-order valence-electron chi connectivity index (χ0n) is 9.32. The smallest absolute Gasteiger partial charge is 0.309 e. The van der Waals surface area contributed by atoms with Gasteiger partial charge in [0.05, 0.1) is 12.1 Å². The van der Waals surface area contributed by atoms with Crippen LogP contribution in [0.25, 0.3) is 0 Å². The third-order valence-corrected chi connectivity index (χ3v) is 2.93. The summed E-state index contributed by atoms with van der Waals surface area (Å²) in [5, 5.41) is 8.74. The van der Waals surface area contributed by atoms with Crippen LogP contribution in [0.3, 0.4) is 0 Å². The van der Waals surface area contributed by atoms with Gasteiger partial charge in [-0.1, -0.05) is 0 Å². The molecule has 0 unspecified atom stereocenters. The first-order valence-electron chi connectivity index (χ1n) is 5.51. The van der Waals surface area contributed by atoms with Crippen molar-refractivity contribution < 1.29 is 14.6 Å².